The van der Waals surface area contributed by atoms with Crippen LogP contribution in [0, 0.1) is 13.8 Å². The lowest BCUT2D eigenvalue weighted by Gasteiger charge is -2.07. The average molecular weight is 239 g/mol. The van der Waals surface area contributed by atoms with Gasteiger partial charge in [0.1, 0.15) is 0 Å². The molecule has 18 heavy (non-hydrogen) atoms. The van der Waals surface area contributed by atoms with Crippen LogP contribution < -0.4 is 11.1 Å². The van der Waals surface area contributed by atoms with E-state index < -0.39 is 0 Å². The second kappa shape index (κ2) is 5.36. The number of anilines is 1. The van der Waals surface area contributed by atoms with E-state index in [1.807, 2.05) is 42.5 Å². The molecule has 0 aromatic heterocycles. The van der Waals surface area contributed by atoms with Gasteiger partial charge in [-0.05, 0) is 49.2 Å². The Morgan fingerprint density at radius 1 is 1.00 bits per heavy atom. The number of hydrogen-bond acceptors (Lipinski definition) is 1. The van der Waals surface area contributed by atoms with Gasteiger partial charge in [0.25, 0.3) is 0 Å². The molecule has 3 N–H and O–H groups in total. The highest BCUT2D eigenvalue weighted by molar-refractivity contribution is 5.94. The van der Waals surface area contributed by atoms with Crippen molar-refractivity contribution in [3.8, 4) is 0 Å². The maximum absolute atomic E-state index is 5.88. The number of hydrogen-bond donors (Lipinski definition) is 2. The SMILES string of the molecule is Cc1cc(C)cc(NC(N)=Nc2ccccc2)c1. The molecular formula is C15H17N3. The summed E-state index contributed by atoms with van der Waals surface area (Å²) in [6.07, 6.45) is 0. The van der Waals surface area contributed by atoms with Gasteiger partial charge in [-0.3, -0.25) is 0 Å². The summed E-state index contributed by atoms with van der Waals surface area (Å²) in [6.45, 7) is 4.12. The van der Waals surface area contributed by atoms with Crippen LogP contribution >= 0.6 is 0 Å². The number of para-hydroxylation sites is 1. The summed E-state index contributed by atoms with van der Waals surface area (Å²) >= 11 is 0. The molecule has 2 rings (SSSR count). The highest BCUT2D eigenvalue weighted by atomic mass is 15.1. The molecule has 0 saturated heterocycles. The second-order valence-corrected chi connectivity index (χ2v) is 4.33. The summed E-state index contributed by atoms with van der Waals surface area (Å²) in [7, 11) is 0. The molecule has 0 aliphatic heterocycles. The van der Waals surface area contributed by atoms with Crippen LogP contribution in [-0.4, -0.2) is 5.96 Å². The number of guanidine groups is 1. The zero-order valence-electron chi connectivity index (χ0n) is 10.6. The Hall–Kier alpha value is -2.29. The lowest BCUT2D eigenvalue weighted by Crippen LogP contribution is -2.22. The molecular weight excluding hydrogens is 222 g/mol. The molecule has 3 heteroatoms. The van der Waals surface area contributed by atoms with Gasteiger partial charge in [0, 0.05) is 5.69 Å². The largest absolute Gasteiger partial charge is 0.369 e. The number of aryl methyl sites for hydroxylation is 2. The number of nitrogens with one attached hydrogen (secondary N) is 1. The molecule has 0 bridgehead atoms. The van der Waals surface area contributed by atoms with Crippen LogP contribution in [0.4, 0.5) is 11.4 Å². The van der Waals surface area contributed by atoms with E-state index in [4.69, 9.17) is 5.73 Å². The van der Waals surface area contributed by atoms with Crippen molar-refractivity contribution in [1.82, 2.24) is 0 Å². The van der Waals surface area contributed by atoms with E-state index in [-0.39, 0.29) is 0 Å². The third-order valence-electron chi connectivity index (χ3n) is 2.50. The minimum atomic E-state index is 0.395. The van der Waals surface area contributed by atoms with E-state index >= 15 is 0 Å². The lowest BCUT2D eigenvalue weighted by molar-refractivity contribution is 1.37. The topological polar surface area (TPSA) is 50.4 Å². The van der Waals surface area contributed by atoms with Gasteiger partial charge in [0.05, 0.1) is 5.69 Å². The van der Waals surface area contributed by atoms with Gasteiger partial charge in [-0.25, -0.2) is 4.99 Å². The maximum Gasteiger partial charge on any atom is 0.198 e. The van der Waals surface area contributed by atoms with Crippen molar-refractivity contribution < 1.29 is 0 Å². The maximum atomic E-state index is 5.88. The first-order chi connectivity index (χ1) is 8.63. The minimum Gasteiger partial charge on any atom is -0.369 e. The average Bonchev–Trinajstić information content (AvgIpc) is 2.28. The predicted octanol–water partition coefficient (Wildman–Crippen LogP) is 3.36. The zero-order valence-corrected chi connectivity index (χ0v) is 10.6. The van der Waals surface area contributed by atoms with Crippen molar-refractivity contribution in [3.63, 3.8) is 0 Å². The third-order valence-corrected chi connectivity index (χ3v) is 2.50. The molecule has 0 radical (unpaired) electrons. The van der Waals surface area contributed by atoms with Gasteiger partial charge in [0.2, 0.25) is 0 Å². The van der Waals surface area contributed by atoms with E-state index in [0.717, 1.165) is 11.4 Å². The molecule has 2 aromatic rings. The zero-order chi connectivity index (χ0) is 13.0. The normalized spacial score (nSPS) is 11.3. The fraction of sp³-hybridized carbons (Fsp3) is 0.133. The Kier molecular flexibility index (Phi) is 3.63. The van der Waals surface area contributed by atoms with Crippen molar-refractivity contribution in [1.29, 1.82) is 0 Å². The fourth-order valence-electron chi connectivity index (χ4n) is 1.86. The van der Waals surface area contributed by atoms with Gasteiger partial charge in [-0.2, -0.15) is 0 Å². The number of nitrogens with two attached hydrogens (primary N) is 1. The Morgan fingerprint density at radius 2 is 1.61 bits per heavy atom. The Bertz CT molecular complexity index is 539. The van der Waals surface area contributed by atoms with Crippen LogP contribution in [0.3, 0.4) is 0 Å². The van der Waals surface area contributed by atoms with Gasteiger partial charge in [0.15, 0.2) is 5.96 Å². The van der Waals surface area contributed by atoms with Crippen LogP contribution in [0.5, 0.6) is 0 Å². The summed E-state index contributed by atoms with van der Waals surface area (Å²) in [5.74, 6) is 0.395. The lowest BCUT2D eigenvalue weighted by atomic mass is 10.1. The molecule has 0 heterocycles. The van der Waals surface area contributed by atoms with E-state index in [1.165, 1.54) is 11.1 Å². The first-order valence-corrected chi connectivity index (χ1v) is 5.88. The van der Waals surface area contributed by atoms with Gasteiger partial charge >= 0.3 is 0 Å². The number of aliphatic imine (C=N–C) groups is 1. The first kappa shape index (κ1) is 12.2. The quantitative estimate of drug-likeness (QED) is 0.623. The first-order valence-electron chi connectivity index (χ1n) is 5.88. The van der Waals surface area contributed by atoms with E-state index in [0.29, 0.717) is 5.96 Å². The molecule has 0 spiro atoms. The molecule has 92 valence electrons. The third kappa shape index (κ3) is 3.35. The molecule has 0 fully saturated rings. The van der Waals surface area contributed by atoms with Crippen molar-refractivity contribution >= 4 is 17.3 Å². The monoisotopic (exact) mass is 239 g/mol. The smallest absolute Gasteiger partial charge is 0.198 e. The summed E-state index contributed by atoms with van der Waals surface area (Å²) in [6, 6.07) is 15.8. The number of nitrogens with zero attached hydrogens (tertiary/aromatic N) is 1. The fourth-order valence-corrected chi connectivity index (χ4v) is 1.86. The molecule has 0 unspecified atom stereocenters. The summed E-state index contributed by atoms with van der Waals surface area (Å²) in [5.41, 5.74) is 10.1. The Morgan fingerprint density at radius 3 is 2.22 bits per heavy atom. The van der Waals surface area contributed by atoms with E-state index in [9.17, 15) is 0 Å². The van der Waals surface area contributed by atoms with Crippen molar-refractivity contribution in [3.05, 3.63) is 59.7 Å². The van der Waals surface area contributed by atoms with Crippen LogP contribution in [0.25, 0.3) is 0 Å². The molecule has 0 atom stereocenters. The Balaban J connectivity index is 2.16. The van der Waals surface area contributed by atoms with Gasteiger partial charge < -0.3 is 11.1 Å². The van der Waals surface area contributed by atoms with Crippen LogP contribution in [0.2, 0.25) is 0 Å². The molecule has 3 nitrogen and oxygen atoms in total. The van der Waals surface area contributed by atoms with Crippen molar-refractivity contribution in [2.45, 2.75) is 13.8 Å². The molecule has 0 aliphatic rings. The predicted molar refractivity (Wildman–Crippen MR) is 77.3 cm³/mol. The molecule has 0 amide bonds. The molecule has 2 aromatic carbocycles. The van der Waals surface area contributed by atoms with Gasteiger partial charge in [-0.1, -0.05) is 24.3 Å². The molecule has 0 aliphatic carbocycles. The van der Waals surface area contributed by atoms with Crippen LogP contribution in [0.15, 0.2) is 53.5 Å². The second-order valence-electron chi connectivity index (χ2n) is 4.33. The van der Waals surface area contributed by atoms with Crippen molar-refractivity contribution in [2.24, 2.45) is 10.7 Å². The molecule has 0 saturated carbocycles. The Labute approximate surface area is 107 Å². The van der Waals surface area contributed by atoms with Crippen LogP contribution in [-0.2, 0) is 0 Å². The summed E-state index contributed by atoms with van der Waals surface area (Å²) < 4.78 is 0. The van der Waals surface area contributed by atoms with Crippen molar-refractivity contribution in [2.75, 3.05) is 5.32 Å². The van der Waals surface area contributed by atoms with E-state index in [2.05, 4.69) is 30.2 Å². The number of benzene rings is 2. The highest BCUT2D eigenvalue weighted by Crippen LogP contribution is 2.14. The minimum absolute atomic E-state index is 0.395. The van der Waals surface area contributed by atoms with E-state index in [1.54, 1.807) is 0 Å². The van der Waals surface area contributed by atoms with Crippen LogP contribution in [0.1, 0.15) is 11.1 Å². The number of rotatable bonds is 2. The van der Waals surface area contributed by atoms with Gasteiger partial charge in [-0.15, -0.1) is 0 Å². The standard InChI is InChI=1S/C15H17N3/c1-11-8-12(2)10-14(9-11)18-15(16)17-13-6-4-3-5-7-13/h3-10H,1-2H3,(H3,16,17,18). The summed E-state index contributed by atoms with van der Waals surface area (Å²) in [4.78, 5) is 4.30. The summed E-state index contributed by atoms with van der Waals surface area (Å²) in [5, 5.41) is 3.10. The highest BCUT2D eigenvalue weighted by Gasteiger charge is 1.98.